The molecule has 0 aliphatic heterocycles. The molecule has 6 heteroatoms. The van der Waals surface area contributed by atoms with E-state index in [-0.39, 0.29) is 12.4 Å². The van der Waals surface area contributed by atoms with Gasteiger partial charge in [-0.3, -0.25) is 0 Å². The zero-order valence-electron chi connectivity index (χ0n) is 25.5. The van der Waals surface area contributed by atoms with Crippen molar-refractivity contribution in [2.24, 2.45) is 0 Å². The molecule has 0 aliphatic carbocycles. The zero-order valence-corrected chi connectivity index (χ0v) is 27.3. The smallest absolute Gasteiger partial charge is 0.501 e. The van der Waals surface area contributed by atoms with Gasteiger partial charge in [-0.05, 0) is 40.5 Å². The molecule has 0 amide bonds. The normalized spacial score (nSPS) is 13.5. The first-order valence-electron chi connectivity index (χ1n) is 15.8. The van der Waals surface area contributed by atoms with Crippen LogP contribution in [-0.4, -0.2) is 59.8 Å². The van der Waals surface area contributed by atoms with Crippen LogP contribution in [0.1, 0.15) is 144 Å². The Bertz CT molecular complexity index is 427. The van der Waals surface area contributed by atoms with Crippen LogP contribution in [0.15, 0.2) is 0 Å². The summed E-state index contributed by atoms with van der Waals surface area (Å²) in [5.41, 5.74) is 0. The molecule has 0 saturated carbocycles. The number of unbranched alkanes of at least 4 members (excludes halogenated alkanes) is 15. The molecule has 1 atom stereocenters. The van der Waals surface area contributed by atoms with E-state index >= 15 is 0 Å². The number of rotatable bonds is 28. The van der Waals surface area contributed by atoms with Crippen molar-refractivity contribution in [3.05, 3.63) is 0 Å². The monoisotopic (exact) mass is 551 g/mol. The van der Waals surface area contributed by atoms with Gasteiger partial charge in [0, 0.05) is 32.3 Å². The predicted molar refractivity (Wildman–Crippen MR) is 156 cm³/mol. The van der Waals surface area contributed by atoms with E-state index in [2.05, 4.69) is 20.9 Å². The summed E-state index contributed by atoms with van der Waals surface area (Å²) >= 11 is 0. The van der Waals surface area contributed by atoms with Crippen LogP contribution in [0.25, 0.3) is 0 Å². The number of hydrogen-bond acceptors (Lipinski definition) is 3. The highest BCUT2D eigenvalue weighted by Gasteiger charge is 2.40. The number of halogens is 1. The fourth-order valence-corrected chi connectivity index (χ4v) is 7.74. The molecule has 0 saturated heterocycles. The summed E-state index contributed by atoms with van der Waals surface area (Å²) in [7, 11) is -0.0675. The first-order chi connectivity index (χ1) is 17.0. The molecule has 0 N–H and O–H groups in total. The lowest BCUT2D eigenvalue weighted by Gasteiger charge is -2.35. The van der Waals surface area contributed by atoms with Gasteiger partial charge in [0.15, 0.2) is 0 Å². The molecule has 4 nitrogen and oxygen atoms in total. The van der Waals surface area contributed by atoms with Crippen LogP contribution >= 0.6 is 0 Å². The van der Waals surface area contributed by atoms with Crippen molar-refractivity contribution in [1.82, 2.24) is 0 Å². The van der Waals surface area contributed by atoms with Crippen molar-refractivity contribution in [3.63, 3.8) is 0 Å². The third-order valence-corrected chi connectivity index (χ3v) is 10.7. The molecule has 1 unspecified atom stereocenters. The highest BCUT2D eigenvalue weighted by atomic mass is 35.5. The van der Waals surface area contributed by atoms with Crippen molar-refractivity contribution >= 4 is 8.80 Å². The summed E-state index contributed by atoms with van der Waals surface area (Å²) < 4.78 is 19.3. The van der Waals surface area contributed by atoms with E-state index in [9.17, 15) is 0 Å². The third kappa shape index (κ3) is 21.3. The maximum atomic E-state index is 6.04. The molecule has 36 heavy (non-hydrogen) atoms. The average Bonchev–Trinajstić information content (AvgIpc) is 2.84. The van der Waals surface area contributed by atoms with E-state index in [0.29, 0.717) is 19.8 Å². The molecular formula is C30H66ClNO3Si. The van der Waals surface area contributed by atoms with Gasteiger partial charge < -0.3 is 30.2 Å². The molecule has 220 valence electrons. The second-order valence-corrected chi connectivity index (χ2v) is 13.5. The van der Waals surface area contributed by atoms with E-state index in [1.807, 2.05) is 20.8 Å². The van der Waals surface area contributed by atoms with Crippen LogP contribution < -0.4 is 12.4 Å². The standard InChI is InChI=1S/C30H66NO3Si.ClH/c1-7-12-13-14-15-16-17-18-19-20-21-22-23-24-25-26-28-31(6,8-2)29-27-30-35(32-9-3,33-10-4)34-11-5;/h7-30H2,1-6H3;1H/q+1;/p-1. The Balaban J connectivity index is 0. The minimum absolute atomic E-state index is 0. The first-order valence-corrected chi connectivity index (χ1v) is 17.7. The first kappa shape index (κ1) is 38.5. The molecule has 0 aliphatic rings. The molecule has 0 rings (SSSR count). The summed E-state index contributed by atoms with van der Waals surface area (Å²) in [5, 5.41) is 0. The summed E-state index contributed by atoms with van der Waals surface area (Å²) in [6, 6.07) is 0.940. The van der Waals surface area contributed by atoms with Crippen molar-refractivity contribution in [1.29, 1.82) is 0 Å². The second-order valence-electron chi connectivity index (χ2n) is 10.8. The summed E-state index contributed by atoms with van der Waals surface area (Å²) in [4.78, 5) is 0. The van der Waals surface area contributed by atoms with Crippen LogP contribution in [0.5, 0.6) is 0 Å². The molecular weight excluding hydrogens is 486 g/mol. The lowest BCUT2D eigenvalue weighted by molar-refractivity contribution is -0.908. The van der Waals surface area contributed by atoms with E-state index in [1.165, 1.54) is 122 Å². The average molecular weight is 552 g/mol. The van der Waals surface area contributed by atoms with Gasteiger partial charge in [-0.2, -0.15) is 0 Å². The lowest BCUT2D eigenvalue weighted by atomic mass is 10.0. The van der Waals surface area contributed by atoms with Crippen molar-refractivity contribution in [3.8, 4) is 0 Å². The molecule has 0 aromatic rings. The SMILES string of the molecule is CCCCCCCCCCCCCCCCCC[N+](C)(CC)CCC[Si](OCC)(OCC)OCC.[Cl-]. The van der Waals surface area contributed by atoms with Crippen LogP contribution in [0, 0.1) is 0 Å². The highest BCUT2D eigenvalue weighted by Crippen LogP contribution is 2.20. The Labute approximate surface area is 235 Å². The largest absolute Gasteiger partial charge is 1.00 e. The Morgan fingerprint density at radius 1 is 0.472 bits per heavy atom. The fraction of sp³-hybridized carbons (Fsp3) is 1.00. The molecule has 0 bridgehead atoms. The van der Waals surface area contributed by atoms with Gasteiger partial charge in [0.2, 0.25) is 0 Å². The third-order valence-electron chi connectivity index (χ3n) is 7.59. The second kappa shape index (κ2) is 26.9. The Hall–Kier alpha value is 0.347. The van der Waals surface area contributed by atoms with Crippen LogP contribution in [0.3, 0.4) is 0 Å². The van der Waals surface area contributed by atoms with Gasteiger partial charge in [0.1, 0.15) is 0 Å². The van der Waals surface area contributed by atoms with Gasteiger partial charge in [-0.25, -0.2) is 0 Å². The van der Waals surface area contributed by atoms with E-state index < -0.39 is 8.80 Å². The number of quaternary nitrogens is 1. The Morgan fingerprint density at radius 3 is 1.14 bits per heavy atom. The van der Waals surface area contributed by atoms with E-state index in [4.69, 9.17) is 13.3 Å². The zero-order chi connectivity index (χ0) is 26.1. The highest BCUT2D eigenvalue weighted by molar-refractivity contribution is 6.60. The van der Waals surface area contributed by atoms with Crippen molar-refractivity contribution < 1.29 is 30.2 Å². The van der Waals surface area contributed by atoms with Crippen molar-refractivity contribution in [2.45, 2.75) is 150 Å². The van der Waals surface area contributed by atoms with Gasteiger partial charge in [0.05, 0.1) is 26.7 Å². The van der Waals surface area contributed by atoms with Gasteiger partial charge in [-0.1, -0.05) is 96.8 Å². The minimum atomic E-state index is -2.49. The molecule has 0 heterocycles. The van der Waals surface area contributed by atoms with Crippen LogP contribution in [0.4, 0.5) is 0 Å². The predicted octanol–water partition coefficient (Wildman–Crippen LogP) is 6.16. The molecule has 0 aromatic heterocycles. The maximum Gasteiger partial charge on any atom is 0.501 e. The fourth-order valence-electron chi connectivity index (χ4n) is 5.15. The maximum absolute atomic E-state index is 6.04. The molecule has 0 aromatic carbocycles. The number of nitrogens with zero attached hydrogens (tertiary/aromatic N) is 1. The molecule has 0 fully saturated rings. The van der Waals surface area contributed by atoms with Crippen molar-refractivity contribution in [2.75, 3.05) is 46.5 Å². The van der Waals surface area contributed by atoms with Crippen LogP contribution in [-0.2, 0) is 13.3 Å². The van der Waals surface area contributed by atoms with Gasteiger partial charge >= 0.3 is 8.80 Å². The Morgan fingerprint density at radius 2 is 0.806 bits per heavy atom. The molecule has 0 spiro atoms. The quantitative estimate of drug-likeness (QED) is 0.0662. The van der Waals surface area contributed by atoms with Crippen LogP contribution in [0.2, 0.25) is 6.04 Å². The lowest BCUT2D eigenvalue weighted by Crippen LogP contribution is -3.00. The minimum Gasteiger partial charge on any atom is -1.00 e. The number of hydrogen-bond donors (Lipinski definition) is 0. The van der Waals surface area contributed by atoms with Gasteiger partial charge in [0.25, 0.3) is 0 Å². The van der Waals surface area contributed by atoms with E-state index in [0.717, 1.165) is 16.9 Å². The summed E-state index contributed by atoms with van der Waals surface area (Å²) in [5.74, 6) is 0. The topological polar surface area (TPSA) is 27.7 Å². The Kier molecular flexibility index (Phi) is 28.8. The summed E-state index contributed by atoms with van der Waals surface area (Å²) in [6.07, 6.45) is 24.1. The van der Waals surface area contributed by atoms with E-state index in [1.54, 1.807) is 0 Å². The van der Waals surface area contributed by atoms with Gasteiger partial charge in [-0.15, -0.1) is 0 Å². The summed E-state index contributed by atoms with van der Waals surface area (Å²) in [6.45, 7) is 16.5. The molecule has 0 radical (unpaired) electrons.